The molecule has 0 fully saturated rings. The van der Waals surface area contributed by atoms with E-state index in [9.17, 15) is 4.21 Å². The Hall–Kier alpha value is -1.66. The van der Waals surface area contributed by atoms with Crippen molar-refractivity contribution in [2.45, 2.75) is 11.3 Å². The molecule has 1 aromatic carbocycles. The van der Waals surface area contributed by atoms with Crippen LogP contribution in [0.3, 0.4) is 0 Å². The van der Waals surface area contributed by atoms with E-state index < -0.39 is 10.8 Å². The molecule has 4 nitrogen and oxygen atoms in total. The lowest BCUT2D eigenvalue weighted by molar-refractivity contribution is 0.681. The zero-order valence-corrected chi connectivity index (χ0v) is 14.3. The van der Waals surface area contributed by atoms with Crippen molar-refractivity contribution < 1.29 is 4.21 Å². The lowest BCUT2D eigenvalue weighted by atomic mass is 10.3. The average Bonchev–Trinajstić information content (AvgIpc) is 3.07. The molecule has 0 bridgehead atoms. The van der Waals surface area contributed by atoms with Gasteiger partial charge in [-0.3, -0.25) is 9.20 Å². The fraction of sp³-hybridized carbons (Fsp3) is 0.312. The second-order valence-corrected chi connectivity index (χ2v) is 7.22. The van der Waals surface area contributed by atoms with Crippen LogP contribution in [-0.4, -0.2) is 36.1 Å². The Balaban J connectivity index is 1.67. The Morgan fingerprint density at radius 2 is 1.91 bits per heavy atom. The molecule has 0 radical (unpaired) electrons. The Morgan fingerprint density at radius 3 is 2.59 bits per heavy atom. The molecule has 6 heteroatoms. The molecule has 0 aliphatic carbocycles. The van der Waals surface area contributed by atoms with Crippen molar-refractivity contribution in [2.75, 3.05) is 25.9 Å². The number of nitrogens with one attached hydrogen (secondary N) is 2. The van der Waals surface area contributed by atoms with Gasteiger partial charge in [0.1, 0.15) is 0 Å². The van der Waals surface area contributed by atoms with Crippen LogP contribution in [0.25, 0.3) is 0 Å². The fourth-order valence-electron chi connectivity index (χ4n) is 1.93. The number of thiophene rings is 1. The summed E-state index contributed by atoms with van der Waals surface area (Å²) < 4.78 is 12.1. The van der Waals surface area contributed by atoms with Crippen molar-refractivity contribution in [3.63, 3.8) is 0 Å². The standard InChI is InChI=1S/C16H21N3OS2/c1-17-16(18-10-9-14-6-5-12-21-14)19-11-13-22(20)15-7-3-2-4-8-15/h2-8,12H,9-11,13H2,1H3,(H2,17,18,19). The minimum Gasteiger partial charge on any atom is -0.356 e. The van der Waals surface area contributed by atoms with Crippen LogP contribution in [0.15, 0.2) is 57.7 Å². The molecule has 1 heterocycles. The molecule has 2 aromatic rings. The SMILES string of the molecule is CN=C(NCCc1cccs1)NCCS(=O)c1ccccc1. The molecule has 118 valence electrons. The van der Waals surface area contributed by atoms with E-state index in [1.54, 1.807) is 18.4 Å². The van der Waals surface area contributed by atoms with Gasteiger partial charge in [-0.15, -0.1) is 11.3 Å². The summed E-state index contributed by atoms with van der Waals surface area (Å²) in [6.07, 6.45) is 0.980. The highest BCUT2D eigenvalue weighted by molar-refractivity contribution is 7.85. The number of guanidine groups is 1. The Morgan fingerprint density at radius 1 is 1.14 bits per heavy atom. The lowest BCUT2D eigenvalue weighted by Crippen LogP contribution is -2.39. The van der Waals surface area contributed by atoms with Crippen molar-refractivity contribution in [3.8, 4) is 0 Å². The highest BCUT2D eigenvalue weighted by Gasteiger charge is 2.03. The van der Waals surface area contributed by atoms with Crippen LogP contribution >= 0.6 is 11.3 Å². The first-order valence-electron chi connectivity index (χ1n) is 7.20. The number of benzene rings is 1. The number of rotatable bonds is 7. The molecular weight excluding hydrogens is 314 g/mol. The van der Waals surface area contributed by atoms with Gasteiger partial charge in [-0.1, -0.05) is 24.3 Å². The Bertz CT molecular complexity index is 597. The van der Waals surface area contributed by atoms with Crippen molar-refractivity contribution in [2.24, 2.45) is 4.99 Å². The Labute approximate surface area is 138 Å². The van der Waals surface area contributed by atoms with Crippen molar-refractivity contribution >= 4 is 28.1 Å². The number of hydrogen-bond acceptors (Lipinski definition) is 3. The second kappa shape index (κ2) is 9.38. The lowest BCUT2D eigenvalue weighted by Gasteiger charge is -2.11. The van der Waals surface area contributed by atoms with Gasteiger partial charge in [-0.25, -0.2) is 0 Å². The summed E-state index contributed by atoms with van der Waals surface area (Å²) in [5, 5.41) is 8.55. The first-order valence-corrected chi connectivity index (χ1v) is 9.40. The number of nitrogens with zero attached hydrogens (tertiary/aromatic N) is 1. The largest absolute Gasteiger partial charge is 0.356 e. The third kappa shape index (κ3) is 5.61. The first kappa shape index (κ1) is 16.7. The minimum absolute atomic E-state index is 0.565. The summed E-state index contributed by atoms with van der Waals surface area (Å²) in [6.45, 7) is 1.46. The predicted molar refractivity (Wildman–Crippen MR) is 95.1 cm³/mol. The molecule has 2 N–H and O–H groups in total. The third-order valence-electron chi connectivity index (χ3n) is 3.05. The molecule has 22 heavy (non-hydrogen) atoms. The summed E-state index contributed by atoms with van der Waals surface area (Å²) in [4.78, 5) is 6.40. The van der Waals surface area contributed by atoms with Crippen LogP contribution in [-0.2, 0) is 17.2 Å². The van der Waals surface area contributed by atoms with E-state index in [0.29, 0.717) is 12.3 Å². The van der Waals surface area contributed by atoms with Gasteiger partial charge in [-0.2, -0.15) is 0 Å². The van der Waals surface area contributed by atoms with Gasteiger partial charge < -0.3 is 10.6 Å². The number of aliphatic imine (C=N–C) groups is 1. The molecule has 1 aromatic heterocycles. The van der Waals surface area contributed by atoms with E-state index in [-0.39, 0.29) is 0 Å². The maximum Gasteiger partial charge on any atom is 0.191 e. The summed E-state index contributed by atoms with van der Waals surface area (Å²) in [5.41, 5.74) is 0. The predicted octanol–water partition coefficient (Wildman–Crippen LogP) is 2.26. The van der Waals surface area contributed by atoms with Gasteiger partial charge in [0.05, 0.1) is 10.8 Å². The zero-order valence-electron chi connectivity index (χ0n) is 12.6. The van der Waals surface area contributed by atoms with E-state index in [1.165, 1.54) is 4.88 Å². The van der Waals surface area contributed by atoms with Crippen molar-refractivity contribution in [1.82, 2.24) is 10.6 Å². The van der Waals surface area contributed by atoms with Gasteiger partial charge in [0.25, 0.3) is 0 Å². The van der Waals surface area contributed by atoms with Crippen LogP contribution in [0.2, 0.25) is 0 Å². The average molecular weight is 335 g/mol. The summed E-state index contributed by atoms with van der Waals surface area (Å²) in [7, 11) is 0.769. The molecule has 0 spiro atoms. The summed E-state index contributed by atoms with van der Waals surface area (Å²) >= 11 is 1.76. The number of hydrogen-bond donors (Lipinski definition) is 2. The van der Waals surface area contributed by atoms with Gasteiger partial charge in [0, 0.05) is 35.7 Å². The maximum atomic E-state index is 12.1. The normalized spacial score (nSPS) is 12.9. The molecule has 1 atom stereocenters. The fourth-order valence-corrected chi connectivity index (χ4v) is 3.62. The van der Waals surface area contributed by atoms with E-state index in [4.69, 9.17) is 0 Å². The van der Waals surface area contributed by atoms with Crippen LogP contribution in [0.1, 0.15) is 4.88 Å². The highest BCUT2D eigenvalue weighted by atomic mass is 32.2. The smallest absolute Gasteiger partial charge is 0.191 e. The highest BCUT2D eigenvalue weighted by Crippen LogP contribution is 2.08. The van der Waals surface area contributed by atoms with Gasteiger partial charge in [0.2, 0.25) is 0 Å². The molecule has 0 saturated carbocycles. The quantitative estimate of drug-likeness (QED) is 0.603. The van der Waals surface area contributed by atoms with E-state index >= 15 is 0 Å². The van der Waals surface area contributed by atoms with Crippen molar-refractivity contribution in [1.29, 1.82) is 0 Å². The third-order valence-corrected chi connectivity index (χ3v) is 5.36. The van der Waals surface area contributed by atoms with E-state index in [2.05, 4.69) is 33.1 Å². The molecule has 2 rings (SSSR count). The topological polar surface area (TPSA) is 53.5 Å². The second-order valence-electron chi connectivity index (χ2n) is 4.62. The van der Waals surface area contributed by atoms with Gasteiger partial charge >= 0.3 is 0 Å². The van der Waals surface area contributed by atoms with E-state index in [1.807, 2.05) is 30.3 Å². The van der Waals surface area contributed by atoms with Gasteiger partial charge in [0.15, 0.2) is 5.96 Å². The molecular formula is C16H21N3OS2. The molecule has 0 aliphatic rings. The molecule has 0 aliphatic heterocycles. The van der Waals surface area contributed by atoms with Crippen LogP contribution in [0.4, 0.5) is 0 Å². The molecule has 1 unspecified atom stereocenters. The van der Waals surface area contributed by atoms with Crippen molar-refractivity contribution in [3.05, 3.63) is 52.7 Å². The summed E-state index contributed by atoms with van der Waals surface area (Å²) in [6, 6.07) is 13.7. The van der Waals surface area contributed by atoms with Crippen LogP contribution < -0.4 is 10.6 Å². The van der Waals surface area contributed by atoms with Crippen LogP contribution in [0.5, 0.6) is 0 Å². The molecule has 0 amide bonds. The van der Waals surface area contributed by atoms with E-state index in [0.717, 1.165) is 23.8 Å². The van der Waals surface area contributed by atoms with Crippen LogP contribution in [0, 0.1) is 0 Å². The molecule has 0 saturated heterocycles. The van der Waals surface area contributed by atoms with Gasteiger partial charge in [-0.05, 0) is 30.0 Å². The monoisotopic (exact) mass is 335 g/mol. The Kier molecular flexibility index (Phi) is 7.12. The minimum atomic E-state index is -0.975. The summed E-state index contributed by atoms with van der Waals surface area (Å²) in [5.74, 6) is 1.32. The maximum absolute atomic E-state index is 12.1. The first-order chi connectivity index (χ1) is 10.8. The zero-order chi connectivity index (χ0) is 15.6.